The van der Waals surface area contributed by atoms with Crippen molar-refractivity contribution in [3.05, 3.63) is 100 Å². The molecule has 1 fully saturated rings. The topological polar surface area (TPSA) is 102 Å². The molecule has 3 aromatic rings. The van der Waals surface area contributed by atoms with Gasteiger partial charge in [0.15, 0.2) is 0 Å². The average molecular weight is 514 g/mol. The number of hydrogen-bond donors (Lipinski definition) is 3. The molecule has 3 heterocycles. The van der Waals surface area contributed by atoms with Gasteiger partial charge in [0.05, 0.1) is 17.2 Å². The minimum absolute atomic E-state index is 0.220. The van der Waals surface area contributed by atoms with E-state index < -0.39 is 30.3 Å². The van der Waals surface area contributed by atoms with Crippen LogP contribution >= 0.6 is 0 Å². The Morgan fingerprint density at radius 1 is 0.868 bits per heavy atom. The van der Waals surface area contributed by atoms with Crippen LogP contribution in [-0.2, 0) is 26.1 Å². The van der Waals surface area contributed by atoms with Crippen molar-refractivity contribution >= 4 is 11.8 Å². The Morgan fingerprint density at radius 3 is 2.42 bits per heavy atom. The fourth-order valence-corrected chi connectivity index (χ4v) is 5.69. The molecule has 196 valence electrons. The van der Waals surface area contributed by atoms with Crippen molar-refractivity contribution in [2.75, 3.05) is 6.54 Å². The molecule has 3 aliphatic rings. The molecule has 3 unspecified atom stereocenters. The number of hydrogen-bond acceptors (Lipinski definition) is 7. The molecular formula is C30H31N3O5. The summed E-state index contributed by atoms with van der Waals surface area (Å²) in [7, 11) is 0. The maximum absolute atomic E-state index is 13.3. The summed E-state index contributed by atoms with van der Waals surface area (Å²) in [6, 6.07) is 21.1. The fourth-order valence-electron chi connectivity index (χ4n) is 5.69. The van der Waals surface area contributed by atoms with Crippen LogP contribution in [0.25, 0.3) is 0 Å². The third-order valence-corrected chi connectivity index (χ3v) is 7.74. The highest BCUT2D eigenvalue weighted by molar-refractivity contribution is 6.22. The van der Waals surface area contributed by atoms with Gasteiger partial charge in [-0.25, -0.2) is 0 Å². The van der Waals surface area contributed by atoms with E-state index in [0.29, 0.717) is 18.6 Å². The molecule has 0 saturated carbocycles. The summed E-state index contributed by atoms with van der Waals surface area (Å²) < 4.78 is 6.03. The molecule has 0 aliphatic carbocycles. The standard InChI is InChI=1S/C30H31N3O5/c34-26-13-12-24(28(35)31-26)33-29(36)23-6-3-7-25(27(23)30(33)37)38-18-20-10-8-19(9-11-20)16-32-15-14-21-4-1-2-5-22(21)17-32/h1-11,24,26,28,31,34-35H,12-18H2. The van der Waals surface area contributed by atoms with Gasteiger partial charge in [-0.3, -0.25) is 24.7 Å². The predicted molar refractivity (Wildman–Crippen MR) is 140 cm³/mol. The number of benzene rings is 3. The molecule has 0 aromatic heterocycles. The van der Waals surface area contributed by atoms with Crippen molar-refractivity contribution in [3.63, 3.8) is 0 Å². The van der Waals surface area contributed by atoms with Crippen LogP contribution in [0.1, 0.15) is 55.8 Å². The zero-order valence-electron chi connectivity index (χ0n) is 21.0. The summed E-state index contributed by atoms with van der Waals surface area (Å²) >= 11 is 0. The largest absolute Gasteiger partial charge is 0.488 e. The normalized spacial score (nSPS) is 23.3. The second-order valence-electron chi connectivity index (χ2n) is 10.3. The third-order valence-electron chi connectivity index (χ3n) is 7.74. The molecule has 8 heteroatoms. The summed E-state index contributed by atoms with van der Waals surface area (Å²) in [6.45, 7) is 3.14. The fraction of sp³-hybridized carbons (Fsp3) is 0.333. The van der Waals surface area contributed by atoms with E-state index in [9.17, 15) is 19.8 Å². The van der Waals surface area contributed by atoms with Crippen molar-refractivity contribution in [2.45, 2.75) is 57.5 Å². The molecule has 3 aromatic carbocycles. The van der Waals surface area contributed by atoms with E-state index in [1.165, 1.54) is 16.7 Å². The van der Waals surface area contributed by atoms with Gasteiger partial charge in [-0.1, -0.05) is 54.6 Å². The molecule has 3 aliphatic heterocycles. The Labute approximate surface area is 221 Å². The molecule has 3 N–H and O–H groups in total. The quantitative estimate of drug-likeness (QED) is 0.436. The van der Waals surface area contributed by atoms with E-state index in [2.05, 4.69) is 46.6 Å². The lowest BCUT2D eigenvalue weighted by atomic mass is 9.99. The van der Waals surface area contributed by atoms with Gasteiger partial charge in [-0.05, 0) is 53.6 Å². The Balaban J connectivity index is 1.11. The first-order valence-corrected chi connectivity index (χ1v) is 13.1. The molecule has 38 heavy (non-hydrogen) atoms. The van der Waals surface area contributed by atoms with E-state index in [4.69, 9.17) is 4.74 Å². The number of aliphatic hydroxyl groups excluding tert-OH is 2. The van der Waals surface area contributed by atoms with Crippen LogP contribution in [-0.4, -0.2) is 56.9 Å². The lowest BCUT2D eigenvalue weighted by molar-refractivity contribution is -0.0413. The number of fused-ring (bicyclic) bond motifs is 2. The number of carbonyl (C=O) groups is 2. The van der Waals surface area contributed by atoms with Crippen LogP contribution in [0, 0.1) is 0 Å². The minimum atomic E-state index is -1.19. The number of aliphatic hydroxyl groups is 2. The van der Waals surface area contributed by atoms with Gasteiger partial charge < -0.3 is 14.9 Å². The second kappa shape index (κ2) is 10.3. The molecule has 3 atom stereocenters. The first-order chi connectivity index (χ1) is 18.5. The monoisotopic (exact) mass is 513 g/mol. The van der Waals surface area contributed by atoms with Crippen molar-refractivity contribution in [3.8, 4) is 5.75 Å². The summed E-state index contributed by atoms with van der Waals surface area (Å²) in [6.07, 6.45) is -0.338. The van der Waals surface area contributed by atoms with Gasteiger partial charge in [0.25, 0.3) is 11.8 Å². The van der Waals surface area contributed by atoms with Crippen LogP contribution < -0.4 is 10.1 Å². The number of rotatable bonds is 6. The number of imide groups is 1. The van der Waals surface area contributed by atoms with E-state index in [1.54, 1.807) is 18.2 Å². The summed E-state index contributed by atoms with van der Waals surface area (Å²) in [5.41, 5.74) is 5.52. The smallest absolute Gasteiger partial charge is 0.265 e. The van der Waals surface area contributed by atoms with Crippen LogP contribution in [0.3, 0.4) is 0 Å². The van der Waals surface area contributed by atoms with Gasteiger partial charge >= 0.3 is 0 Å². The van der Waals surface area contributed by atoms with Crippen LogP contribution in [0.4, 0.5) is 0 Å². The predicted octanol–water partition coefficient (Wildman–Crippen LogP) is 2.81. The minimum Gasteiger partial charge on any atom is -0.488 e. The van der Waals surface area contributed by atoms with Gasteiger partial charge in [-0.15, -0.1) is 0 Å². The first-order valence-electron chi connectivity index (χ1n) is 13.1. The summed E-state index contributed by atoms with van der Waals surface area (Å²) in [5.74, 6) is -0.596. The number of piperidine rings is 1. The highest BCUT2D eigenvalue weighted by Gasteiger charge is 2.45. The van der Waals surface area contributed by atoms with Crippen molar-refractivity contribution in [1.82, 2.24) is 15.1 Å². The summed E-state index contributed by atoms with van der Waals surface area (Å²) in [4.78, 5) is 29.9. The number of ether oxygens (including phenoxy) is 1. The summed E-state index contributed by atoms with van der Waals surface area (Å²) in [5, 5.41) is 22.7. The highest BCUT2D eigenvalue weighted by atomic mass is 16.5. The van der Waals surface area contributed by atoms with Crippen molar-refractivity contribution in [1.29, 1.82) is 0 Å². The molecule has 8 nitrogen and oxygen atoms in total. The Bertz CT molecular complexity index is 1360. The number of amides is 2. The van der Waals surface area contributed by atoms with Gasteiger partial charge in [0.2, 0.25) is 0 Å². The van der Waals surface area contributed by atoms with E-state index >= 15 is 0 Å². The molecule has 1 saturated heterocycles. The molecule has 6 rings (SSSR count). The first kappa shape index (κ1) is 24.8. The second-order valence-corrected chi connectivity index (χ2v) is 10.3. The lowest BCUT2D eigenvalue weighted by Crippen LogP contribution is -2.58. The SMILES string of the molecule is O=C1c2cccc(OCc3ccc(CN4CCc5ccccc5C4)cc3)c2C(=O)N1C1CCC(O)NC1O. The van der Waals surface area contributed by atoms with E-state index in [0.717, 1.165) is 36.5 Å². The highest BCUT2D eigenvalue weighted by Crippen LogP contribution is 2.34. The molecule has 0 bridgehead atoms. The van der Waals surface area contributed by atoms with E-state index in [-0.39, 0.29) is 17.7 Å². The Kier molecular flexibility index (Phi) is 6.71. The number of carbonyl (C=O) groups excluding carboxylic acids is 2. The van der Waals surface area contributed by atoms with Crippen LogP contribution in [0.5, 0.6) is 5.75 Å². The zero-order valence-corrected chi connectivity index (χ0v) is 21.0. The van der Waals surface area contributed by atoms with Gasteiger partial charge in [-0.2, -0.15) is 0 Å². The van der Waals surface area contributed by atoms with Crippen molar-refractivity contribution in [2.24, 2.45) is 0 Å². The van der Waals surface area contributed by atoms with Gasteiger partial charge in [0, 0.05) is 19.6 Å². The lowest BCUT2D eigenvalue weighted by Gasteiger charge is -2.36. The number of nitrogens with one attached hydrogen (secondary N) is 1. The van der Waals surface area contributed by atoms with E-state index in [1.807, 2.05) is 12.1 Å². The third kappa shape index (κ3) is 4.72. The maximum Gasteiger partial charge on any atom is 0.265 e. The zero-order chi connectivity index (χ0) is 26.2. The molecule has 0 radical (unpaired) electrons. The van der Waals surface area contributed by atoms with Crippen LogP contribution in [0.15, 0.2) is 66.7 Å². The van der Waals surface area contributed by atoms with Crippen molar-refractivity contribution < 1.29 is 24.5 Å². The Hall–Kier alpha value is -3.56. The van der Waals surface area contributed by atoms with Gasteiger partial charge in [0.1, 0.15) is 24.8 Å². The number of nitrogens with zero attached hydrogens (tertiary/aromatic N) is 2. The average Bonchev–Trinajstić information content (AvgIpc) is 3.18. The molecular weight excluding hydrogens is 482 g/mol. The Morgan fingerprint density at radius 2 is 1.63 bits per heavy atom. The maximum atomic E-state index is 13.3. The molecule has 0 spiro atoms. The molecule has 2 amide bonds. The van der Waals surface area contributed by atoms with Crippen LogP contribution in [0.2, 0.25) is 0 Å².